The molecule has 0 aliphatic carbocycles. The van der Waals surface area contributed by atoms with Crippen LogP contribution in [0.5, 0.6) is 0 Å². The second-order valence-electron chi connectivity index (χ2n) is 5.64. The third-order valence-electron chi connectivity index (χ3n) is 3.62. The number of hydrogen-bond acceptors (Lipinski definition) is 6. The van der Waals surface area contributed by atoms with E-state index in [0.717, 1.165) is 0 Å². The largest absolute Gasteiger partial charge is 0.343 e. The van der Waals surface area contributed by atoms with Crippen LogP contribution in [0.25, 0.3) is 0 Å². The Hall–Kier alpha value is -2.27. The highest BCUT2D eigenvalue weighted by molar-refractivity contribution is 7.89. The zero-order valence-electron chi connectivity index (χ0n) is 13.0. The lowest BCUT2D eigenvalue weighted by Crippen LogP contribution is -2.50. The van der Waals surface area contributed by atoms with Crippen LogP contribution >= 0.6 is 0 Å². The van der Waals surface area contributed by atoms with Gasteiger partial charge < -0.3 is 9.47 Å². The second-order valence-corrected chi connectivity index (χ2v) is 7.52. The molecule has 0 bridgehead atoms. The van der Waals surface area contributed by atoms with Gasteiger partial charge in [0.2, 0.25) is 0 Å². The number of sulfonamides is 1. The third-order valence-corrected chi connectivity index (χ3v) is 5.34. The third kappa shape index (κ3) is 2.72. The number of carbonyl (C=O) groups excluding carboxylic acids is 1. The van der Waals surface area contributed by atoms with E-state index in [0.29, 0.717) is 0 Å². The standard InChI is InChI=1S/C12H17N7O3S/c1-16(2)12(20)10-6-19(15-14-10)9-4-18(5-9)23(21,22)11-7-17(3)8-13-11/h6-9H,4-5H2,1-3H3. The summed E-state index contributed by atoms with van der Waals surface area (Å²) in [7, 11) is 1.39. The highest BCUT2D eigenvalue weighted by atomic mass is 32.2. The minimum atomic E-state index is -3.58. The summed E-state index contributed by atoms with van der Waals surface area (Å²) in [5, 5.41) is 7.77. The van der Waals surface area contributed by atoms with Crippen LogP contribution in [-0.4, -0.2) is 75.3 Å². The molecule has 10 nitrogen and oxygen atoms in total. The van der Waals surface area contributed by atoms with Gasteiger partial charge in [-0.3, -0.25) is 4.79 Å². The number of amides is 1. The van der Waals surface area contributed by atoms with Gasteiger partial charge in [0.05, 0.1) is 18.6 Å². The molecule has 124 valence electrons. The molecule has 0 saturated carbocycles. The summed E-state index contributed by atoms with van der Waals surface area (Å²) < 4.78 is 29.1. The zero-order chi connectivity index (χ0) is 16.8. The van der Waals surface area contributed by atoms with Crippen LogP contribution in [0.15, 0.2) is 23.7 Å². The molecule has 0 radical (unpaired) electrons. The first kappa shape index (κ1) is 15.6. The predicted octanol–water partition coefficient (Wildman–Crippen LogP) is -1.04. The van der Waals surface area contributed by atoms with Crippen molar-refractivity contribution < 1.29 is 13.2 Å². The number of aromatic nitrogens is 5. The molecule has 0 spiro atoms. The molecule has 0 unspecified atom stereocenters. The molecule has 11 heteroatoms. The van der Waals surface area contributed by atoms with Gasteiger partial charge >= 0.3 is 0 Å². The zero-order valence-corrected chi connectivity index (χ0v) is 13.8. The highest BCUT2D eigenvalue weighted by Crippen LogP contribution is 2.27. The topological polar surface area (TPSA) is 106 Å². The van der Waals surface area contributed by atoms with Crippen molar-refractivity contribution in [3.05, 3.63) is 24.4 Å². The van der Waals surface area contributed by atoms with Gasteiger partial charge in [0.15, 0.2) is 10.7 Å². The summed E-state index contributed by atoms with van der Waals surface area (Å²) in [6.07, 6.45) is 4.45. The number of nitrogens with zero attached hydrogens (tertiary/aromatic N) is 7. The second kappa shape index (κ2) is 5.42. The molecule has 0 N–H and O–H groups in total. The van der Waals surface area contributed by atoms with E-state index < -0.39 is 10.0 Å². The minimum Gasteiger partial charge on any atom is -0.343 e. The lowest BCUT2D eigenvalue weighted by molar-refractivity contribution is 0.0821. The summed E-state index contributed by atoms with van der Waals surface area (Å²) in [5.74, 6) is -0.242. The van der Waals surface area contributed by atoms with Crippen LogP contribution in [0.1, 0.15) is 16.5 Å². The van der Waals surface area contributed by atoms with Crippen LogP contribution in [0, 0.1) is 0 Å². The fourth-order valence-corrected chi connectivity index (χ4v) is 3.70. The van der Waals surface area contributed by atoms with E-state index >= 15 is 0 Å². The summed E-state index contributed by atoms with van der Waals surface area (Å²) in [6.45, 7) is 0.551. The Morgan fingerprint density at radius 2 is 2.00 bits per heavy atom. The molecule has 0 atom stereocenters. The minimum absolute atomic E-state index is 0.0283. The molecule has 2 aromatic rings. The first-order valence-electron chi connectivity index (χ1n) is 6.90. The number of carbonyl (C=O) groups is 1. The molecule has 1 aliphatic rings. The van der Waals surface area contributed by atoms with E-state index in [4.69, 9.17) is 0 Å². The monoisotopic (exact) mass is 339 g/mol. The highest BCUT2D eigenvalue weighted by Gasteiger charge is 2.39. The van der Waals surface area contributed by atoms with E-state index in [2.05, 4.69) is 15.3 Å². The lowest BCUT2D eigenvalue weighted by Gasteiger charge is -2.36. The molecule has 2 aromatic heterocycles. The molecule has 3 rings (SSSR count). The molecule has 1 amide bonds. The maximum atomic E-state index is 12.4. The first-order valence-corrected chi connectivity index (χ1v) is 8.34. The van der Waals surface area contributed by atoms with Gasteiger partial charge in [-0.15, -0.1) is 5.10 Å². The van der Waals surface area contributed by atoms with Crippen molar-refractivity contribution in [3.8, 4) is 0 Å². The maximum absolute atomic E-state index is 12.4. The fourth-order valence-electron chi connectivity index (χ4n) is 2.22. The molecule has 0 aromatic carbocycles. The molecular formula is C12H17N7O3S. The Labute approximate surface area is 133 Å². The Bertz CT molecular complexity index is 832. The average Bonchev–Trinajstić information content (AvgIpc) is 3.05. The molecule has 1 fully saturated rings. The van der Waals surface area contributed by atoms with E-state index in [9.17, 15) is 13.2 Å². The smallest absolute Gasteiger partial charge is 0.275 e. The Morgan fingerprint density at radius 3 is 2.57 bits per heavy atom. The normalized spacial score (nSPS) is 16.3. The van der Waals surface area contributed by atoms with Crippen molar-refractivity contribution in [3.63, 3.8) is 0 Å². The summed E-state index contributed by atoms with van der Waals surface area (Å²) in [4.78, 5) is 17.1. The lowest BCUT2D eigenvalue weighted by atomic mass is 10.2. The number of imidazole rings is 1. The van der Waals surface area contributed by atoms with Crippen molar-refractivity contribution >= 4 is 15.9 Å². The number of rotatable bonds is 4. The SMILES string of the molecule is CN(C)C(=O)c1cn(C2CN(S(=O)(=O)c3cn(C)cn3)C2)nn1. The van der Waals surface area contributed by atoms with Gasteiger partial charge in [0, 0.05) is 40.4 Å². The first-order chi connectivity index (χ1) is 10.8. The van der Waals surface area contributed by atoms with E-state index in [1.165, 1.54) is 32.6 Å². The van der Waals surface area contributed by atoms with E-state index in [1.807, 2.05) is 0 Å². The van der Waals surface area contributed by atoms with Crippen LogP contribution < -0.4 is 0 Å². The number of hydrogen-bond donors (Lipinski definition) is 0. The Kier molecular flexibility index (Phi) is 3.68. The quantitative estimate of drug-likeness (QED) is 0.704. The van der Waals surface area contributed by atoms with Crippen molar-refractivity contribution in [1.82, 2.24) is 33.8 Å². The van der Waals surface area contributed by atoms with Crippen molar-refractivity contribution in [1.29, 1.82) is 0 Å². The summed E-state index contributed by atoms with van der Waals surface area (Å²) in [6, 6.07) is -0.135. The van der Waals surface area contributed by atoms with Gasteiger partial charge in [-0.05, 0) is 0 Å². The van der Waals surface area contributed by atoms with Gasteiger partial charge in [-0.2, -0.15) is 4.31 Å². The molecule has 1 aliphatic heterocycles. The number of aryl methyl sites for hydroxylation is 1. The summed E-state index contributed by atoms with van der Waals surface area (Å²) in [5.41, 5.74) is 0.237. The van der Waals surface area contributed by atoms with Crippen LogP contribution in [0.2, 0.25) is 0 Å². The fraction of sp³-hybridized carbons (Fsp3) is 0.500. The average molecular weight is 339 g/mol. The van der Waals surface area contributed by atoms with Gasteiger partial charge in [-0.25, -0.2) is 18.1 Å². The predicted molar refractivity (Wildman–Crippen MR) is 79.0 cm³/mol. The van der Waals surface area contributed by atoms with E-state index in [1.54, 1.807) is 25.7 Å². The molecule has 1 saturated heterocycles. The maximum Gasteiger partial charge on any atom is 0.275 e. The molecule has 23 heavy (non-hydrogen) atoms. The summed E-state index contributed by atoms with van der Waals surface area (Å²) >= 11 is 0. The van der Waals surface area contributed by atoms with Crippen LogP contribution in [-0.2, 0) is 17.1 Å². The van der Waals surface area contributed by atoms with Crippen LogP contribution in [0.3, 0.4) is 0 Å². The molecule has 3 heterocycles. The van der Waals surface area contributed by atoms with E-state index in [-0.39, 0.29) is 35.8 Å². The van der Waals surface area contributed by atoms with Crippen LogP contribution in [0.4, 0.5) is 0 Å². The molecular weight excluding hydrogens is 322 g/mol. The van der Waals surface area contributed by atoms with Gasteiger partial charge in [0.1, 0.15) is 0 Å². The Balaban J connectivity index is 1.69. The van der Waals surface area contributed by atoms with Crippen molar-refractivity contribution in [2.75, 3.05) is 27.2 Å². The van der Waals surface area contributed by atoms with Gasteiger partial charge in [0.25, 0.3) is 15.9 Å². The Morgan fingerprint density at radius 1 is 1.30 bits per heavy atom. The van der Waals surface area contributed by atoms with Crippen molar-refractivity contribution in [2.45, 2.75) is 11.1 Å². The van der Waals surface area contributed by atoms with Crippen molar-refractivity contribution in [2.24, 2.45) is 7.05 Å². The van der Waals surface area contributed by atoms with Gasteiger partial charge in [-0.1, -0.05) is 5.21 Å².